The molecule has 0 bridgehead atoms. The Balaban J connectivity index is 2.21. The lowest BCUT2D eigenvalue weighted by Crippen LogP contribution is -2.44. The molecule has 2 atom stereocenters. The Hall–Kier alpha value is -1.22. The predicted octanol–water partition coefficient (Wildman–Crippen LogP) is 3.31. The first kappa shape index (κ1) is 13.2. The number of amides is 1. The van der Waals surface area contributed by atoms with E-state index in [0.29, 0.717) is 11.5 Å². The van der Waals surface area contributed by atoms with Crippen molar-refractivity contribution in [2.45, 2.75) is 32.7 Å². The van der Waals surface area contributed by atoms with Crippen LogP contribution in [0.15, 0.2) is 18.2 Å². The smallest absolute Gasteiger partial charge is 0.254 e. The summed E-state index contributed by atoms with van der Waals surface area (Å²) in [6.07, 6.45) is 2.21. The van der Waals surface area contributed by atoms with E-state index in [1.165, 1.54) is 18.6 Å². The van der Waals surface area contributed by atoms with Crippen molar-refractivity contribution in [2.75, 3.05) is 6.54 Å². The maximum Gasteiger partial charge on any atom is 0.254 e. The van der Waals surface area contributed by atoms with Crippen LogP contribution in [0.25, 0.3) is 0 Å². The van der Waals surface area contributed by atoms with E-state index in [-0.39, 0.29) is 22.7 Å². The molecule has 1 aliphatic heterocycles. The van der Waals surface area contributed by atoms with Gasteiger partial charge in [-0.3, -0.25) is 4.79 Å². The fourth-order valence-electron chi connectivity index (χ4n) is 2.38. The molecule has 1 aliphatic rings. The Kier molecular flexibility index (Phi) is 3.81. The van der Waals surface area contributed by atoms with Gasteiger partial charge in [-0.05, 0) is 43.9 Å². The molecule has 0 radical (unpaired) electrons. The van der Waals surface area contributed by atoms with Gasteiger partial charge in [0.1, 0.15) is 5.75 Å². The van der Waals surface area contributed by atoms with Gasteiger partial charge in [0.05, 0.1) is 5.02 Å². The molecule has 18 heavy (non-hydrogen) atoms. The van der Waals surface area contributed by atoms with Crippen molar-refractivity contribution in [1.82, 2.24) is 4.90 Å². The van der Waals surface area contributed by atoms with Gasteiger partial charge in [-0.2, -0.15) is 0 Å². The van der Waals surface area contributed by atoms with E-state index in [4.69, 9.17) is 11.6 Å². The molecular formula is C14H18ClNO2. The van der Waals surface area contributed by atoms with Crippen LogP contribution >= 0.6 is 11.6 Å². The molecule has 1 saturated heterocycles. The topological polar surface area (TPSA) is 40.5 Å². The molecule has 1 aromatic carbocycles. The van der Waals surface area contributed by atoms with Gasteiger partial charge in [0.25, 0.3) is 5.91 Å². The minimum atomic E-state index is -0.00375. The van der Waals surface area contributed by atoms with Crippen molar-refractivity contribution < 1.29 is 9.90 Å². The van der Waals surface area contributed by atoms with Crippen molar-refractivity contribution in [1.29, 1.82) is 0 Å². The first-order chi connectivity index (χ1) is 8.49. The molecule has 2 unspecified atom stereocenters. The number of piperidine rings is 1. The normalized spacial score (nSPS) is 24.1. The zero-order valence-corrected chi connectivity index (χ0v) is 11.4. The van der Waals surface area contributed by atoms with Gasteiger partial charge in [0.2, 0.25) is 0 Å². The molecule has 1 amide bonds. The Bertz CT molecular complexity index is 461. The quantitative estimate of drug-likeness (QED) is 0.848. The minimum Gasteiger partial charge on any atom is -0.506 e. The summed E-state index contributed by atoms with van der Waals surface area (Å²) < 4.78 is 0. The molecule has 1 aromatic rings. The molecule has 0 saturated carbocycles. The van der Waals surface area contributed by atoms with Gasteiger partial charge in [-0.25, -0.2) is 0 Å². The number of rotatable bonds is 1. The number of hydrogen-bond donors (Lipinski definition) is 1. The average Bonchev–Trinajstić information content (AvgIpc) is 2.35. The van der Waals surface area contributed by atoms with Crippen LogP contribution in [-0.4, -0.2) is 28.5 Å². The summed E-state index contributed by atoms with van der Waals surface area (Å²) in [4.78, 5) is 14.3. The molecule has 0 spiro atoms. The van der Waals surface area contributed by atoms with E-state index in [0.717, 1.165) is 13.0 Å². The molecule has 98 valence electrons. The lowest BCUT2D eigenvalue weighted by atomic mass is 9.94. The van der Waals surface area contributed by atoms with Crippen molar-refractivity contribution in [3.05, 3.63) is 28.8 Å². The average molecular weight is 268 g/mol. The van der Waals surface area contributed by atoms with Gasteiger partial charge >= 0.3 is 0 Å². The van der Waals surface area contributed by atoms with Crippen LogP contribution in [0, 0.1) is 5.92 Å². The number of carbonyl (C=O) groups excluding carboxylic acids is 1. The molecule has 1 fully saturated rings. The van der Waals surface area contributed by atoms with E-state index in [1.807, 2.05) is 4.90 Å². The van der Waals surface area contributed by atoms with Crippen LogP contribution in [-0.2, 0) is 0 Å². The van der Waals surface area contributed by atoms with E-state index < -0.39 is 0 Å². The number of phenols is 1. The van der Waals surface area contributed by atoms with Gasteiger partial charge in [-0.15, -0.1) is 0 Å². The van der Waals surface area contributed by atoms with Crippen LogP contribution in [0.2, 0.25) is 5.02 Å². The summed E-state index contributed by atoms with van der Waals surface area (Å²) in [6.45, 7) is 5.03. The second kappa shape index (κ2) is 5.19. The Morgan fingerprint density at radius 2 is 2.11 bits per heavy atom. The van der Waals surface area contributed by atoms with Crippen LogP contribution in [0.4, 0.5) is 0 Å². The third-order valence-electron chi connectivity index (χ3n) is 3.57. The fourth-order valence-corrected chi connectivity index (χ4v) is 2.56. The highest BCUT2D eigenvalue weighted by Gasteiger charge is 2.27. The largest absolute Gasteiger partial charge is 0.506 e. The number of halogens is 1. The zero-order valence-electron chi connectivity index (χ0n) is 10.7. The highest BCUT2D eigenvalue weighted by atomic mass is 35.5. The summed E-state index contributed by atoms with van der Waals surface area (Å²) >= 11 is 5.84. The first-order valence-corrected chi connectivity index (χ1v) is 6.66. The summed E-state index contributed by atoms with van der Waals surface area (Å²) in [5, 5.41) is 9.59. The zero-order chi connectivity index (χ0) is 13.3. The number of likely N-dealkylation sites (tertiary alicyclic amines) is 1. The van der Waals surface area contributed by atoms with Crippen molar-refractivity contribution in [2.24, 2.45) is 5.92 Å². The predicted molar refractivity (Wildman–Crippen MR) is 72.0 cm³/mol. The number of nitrogens with zero attached hydrogens (tertiary/aromatic N) is 1. The van der Waals surface area contributed by atoms with E-state index in [2.05, 4.69) is 13.8 Å². The summed E-state index contributed by atoms with van der Waals surface area (Å²) in [7, 11) is 0. The first-order valence-electron chi connectivity index (χ1n) is 6.28. The molecule has 3 nitrogen and oxygen atoms in total. The summed E-state index contributed by atoms with van der Waals surface area (Å²) in [5.74, 6) is 0.543. The minimum absolute atomic E-state index is 0.00375. The van der Waals surface area contributed by atoms with Crippen LogP contribution in [0.5, 0.6) is 5.75 Å². The highest BCUT2D eigenvalue weighted by molar-refractivity contribution is 6.32. The van der Waals surface area contributed by atoms with E-state index in [9.17, 15) is 9.90 Å². The van der Waals surface area contributed by atoms with Crippen LogP contribution in [0.1, 0.15) is 37.0 Å². The van der Waals surface area contributed by atoms with Gasteiger partial charge < -0.3 is 10.0 Å². The van der Waals surface area contributed by atoms with Gasteiger partial charge in [0, 0.05) is 18.2 Å². The number of aromatic hydroxyl groups is 1. The molecule has 2 rings (SSSR count). The number of carbonyl (C=O) groups is 1. The SMILES string of the molecule is CC1CCC(C)N(C(=O)c2ccc(O)c(Cl)c2)C1. The monoisotopic (exact) mass is 267 g/mol. The van der Waals surface area contributed by atoms with E-state index >= 15 is 0 Å². The third kappa shape index (κ3) is 2.61. The molecule has 0 aromatic heterocycles. The summed E-state index contributed by atoms with van der Waals surface area (Å²) in [6, 6.07) is 4.88. The highest BCUT2D eigenvalue weighted by Crippen LogP contribution is 2.27. The molecule has 0 aliphatic carbocycles. The molecule has 1 heterocycles. The molecule has 4 heteroatoms. The molecular weight excluding hydrogens is 250 g/mol. The Morgan fingerprint density at radius 3 is 2.78 bits per heavy atom. The van der Waals surface area contributed by atoms with Crippen molar-refractivity contribution >= 4 is 17.5 Å². The van der Waals surface area contributed by atoms with Crippen molar-refractivity contribution in [3.63, 3.8) is 0 Å². The maximum absolute atomic E-state index is 12.4. The second-order valence-electron chi connectivity index (χ2n) is 5.16. The maximum atomic E-state index is 12.4. The molecule has 1 N–H and O–H groups in total. The Morgan fingerprint density at radius 1 is 1.39 bits per heavy atom. The number of phenolic OH excluding ortho intramolecular Hbond substituents is 1. The van der Waals surface area contributed by atoms with Gasteiger partial charge in [0.15, 0.2) is 0 Å². The second-order valence-corrected chi connectivity index (χ2v) is 5.56. The number of hydrogen-bond acceptors (Lipinski definition) is 2. The standard InChI is InChI=1S/C14H18ClNO2/c1-9-3-4-10(2)16(8-9)14(18)11-5-6-13(17)12(15)7-11/h5-7,9-10,17H,3-4,8H2,1-2H3. The fraction of sp³-hybridized carbons (Fsp3) is 0.500. The lowest BCUT2D eigenvalue weighted by Gasteiger charge is -2.36. The van der Waals surface area contributed by atoms with E-state index in [1.54, 1.807) is 6.07 Å². The number of benzene rings is 1. The van der Waals surface area contributed by atoms with Crippen LogP contribution in [0.3, 0.4) is 0 Å². The lowest BCUT2D eigenvalue weighted by molar-refractivity contribution is 0.0574. The van der Waals surface area contributed by atoms with Crippen LogP contribution < -0.4 is 0 Å². The van der Waals surface area contributed by atoms with Crippen molar-refractivity contribution in [3.8, 4) is 5.75 Å². The van der Waals surface area contributed by atoms with Gasteiger partial charge in [-0.1, -0.05) is 18.5 Å². The Labute approximate surface area is 112 Å². The summed E-state index contributed by atoms with van der Waals surface area (Å²) in [5.41, 5.74) is 0.541. The third-order valence-corrected chi connectivity index (χ3v) is 3.88.